The Kier molecular flexibility index (Phi) is 4.70. The summed E-state index contributed by atoms with van der Waals surface area (Å²) in [5.41, 5.74) is 6.11. The van der Waals surface area contributed by atoms with Crippen molar-refractivity contribution in [2.45, 2.75) is 45.1 Å². The maximum atomic E-state index is 7.62. The number of hydrogen-bond donors (Lipinski definition) is 2. The SMILES string of the molecule is CCC1CCCC(Oc2cccc(Cl)c2C(=N)N)C1. The minimum absolute atomic E-state index is 0.0385. The standard InChI is InChI=1S/C15H21ClN2O/c1-2-10-5-3-6-11(9-10)19-13-8-4-7-12(16)14(13)15(17)18/h4,7-8,10-11H,2-3,5-6,9H2,1H3,(H3,17,18). The number of hydrogen-bond acceptors (Lipinski definition) is 2. The fraction of sp³-hybridized carbons (Fsp3) is 0.533. The summed E-state index contributed by atoms with van der Waals surface area (Å²) in [5.74, 6) is 1.35. The van der Waals surface area contributed by atoms with Crippen molar-refractivity contribution in [2.75, 3.05) is 0 Å². The number of nitrogens with one attached hydrogen (secondary N) is 1. The lowest BCUT2D eigenvalue weighted by Gasteiger charge is -2.29. The van der Waals surface area contributed by atoms with E-state index in [1.807, 2.05) is 12.1 Å². The van der Waals surface area contributed by atoms with E-state index in [0.717, 1.165) is 18.8 Å². The fourth-order valence-electron chi connectivity index (χ4n) is 2.76. The summed E-state index contributed by atoms with van der Waals surface area (Å²) in [6, 6.07) is 5.42. The molecule has 19 heavy (non-hydrogen) atoms. The van der Waals surface area contributed by atoms with Gasteiger partial charge in [0.2, 0.25) is 0 Å². The van der Waals surface area contributed by atoms with Crippen molar-refractivity contribution in [1.29, 1.82) is 5.41 Å². The van der Waals surface area contributed by atoms with Gasteiger partial charge in [-0.2, -0.15) is 0 Å². The van der Waals surface area contributed by atoms with Crippen LogP contribution >= 0.6 is 11.6 Å². The maximum Gasteiger partial charge on any atom is 0.132 e. The van der Waals surface area contributed by atoms with E-state index >= 15 is 0 Å². The highest BCUT2D eigenvalue weighted by Gasteiger charge is 2.23. The van der Waals surface area contributed by atoms with Crippen LogP contribution in [0.25, 0.3) is 0 Å². The highest BCUT2D eigenvalue weighted by atomic mass is 35.5. The minimum Gasteiger partial charge on any atom is -0.490 e. The van der Waals surface area contributed by atoms with E-state index in [1.165, 1.54) is 19.3 Å². The maximum absolute atomic E-state index is 7.62. The van der Waals surface area contributed by atoms with Crippen LogP contribution in [0, 0.1) is 11.3 Å². The third-order valence-electron chi connectivity index (χ3n) is 3.85. The molecule has 3 N–H and O–H groups in total. The van der Waals surface area contributed by atoms with Gasteiger partial charge in [0.15, 0.2) is 0 Å². The van der Waals surface area contributed by atoms with Gasteiger partial charge in [-0.1, -0.05) is 37.4 Å². The van der Waals surface area contributed by atoms with Crippen molar-refractivity contribution in [3.8, 4) is 5.75 Å². The van der Waals surface area contributed by atoms with Crippen molar-refractivity contribution >= 4 is 17.4 Å². The fourth-order valence-corrected chi connectivity index (χ4v) is 3.03. The summed E-state index contributed by atoms with van der Waals surface area (Å²) in [6.45, 7) is 2.23. The predicted octanol–water partition coefficient (Wildman–Crippen LogP) is 3.97. The topological polar surface area (TPSA) is 59.1 Å². The van der Waals surface area contributed by atoms with Gasteiger partial charge in [-0.25, -0.2) is 0 Å². The average molecular weight is 281 g/mol. The first kappa shape index (κ1) is 14.2. The zero-order chi connectivity index (χ0) is 13.8. The summed E-state index contributed by atoms with van der Waals surface area (Å²) in [7, 11) is 0. The summed E-state index contributed by atoms with van der Waals surface area (Å²) in [4.78, 5) is 0. The first-order valence-electron chi connectivity index (χ1n) is 6.91. The van der Waals surface area contributed by atoms with E-state index < -0.39 is 0 Å². The quantitative estimate of drug-likeness (QED) is 0.647. The molecule has 0 aliphatic heterocycles. The van der Waals surface area contributed by atoms with Gasteiger partial charge >= 0.3 is 0 Å². The van der Waals surface area contributed by atoms with Crippen molar-refractivity contribution in [1.82, 2.24) is 0 Å². The van der Waals surface area contributed by atoms with E-state index in [2.05, 4.69) is 6.92 Å². The molecule has 4 heteroatoms. The van der Waals surface area contributed by atoms with Crippen LogP contribution in [0.5, 0.6) is 5.75 Å². The van der Waals surface area contributed by atoms with E-state index in [-0.39, 0.29) is 11.9 Å². The summed E-state index contributed by atoms with van der Waals surface area (Å²) in [5, 5.41) is 8.10. The molecule has 2 rings (SSSR count). The van der Waals surface area contributed by atoms with Crippen molar-refractivity contribution in [2.24, 2.45) is 11.7 Å². The molecular formula is C15H21ClN2O. The Morgan fingerprint density at radius 2 is 2.26 bits per heavy atom. The van der Waals surface area contributed by atoms with Crippen LogP contribution in [0.1, 0.15) is 44.6 Å². The first-order chi connectivity index (χ1) is 9.11. The van der Waals surface area contributed by atoms with E-state index in [9.17, 15) is 0 Å². The lowest BCUT2D eigenvalue weighted by molar-refractivity contribution is 0.122. The van der Waals surface area contributed by atoms with Gasteiger partial charge in [0, 0.05) is 0 Å². The zero-order valence-electron chi connectivity index (χ0n) is 11.3. The van der Waals surface area contributed by atoms with Gasteiger partial charge < -0.3 is 10.5 Å². The third kappa shape index (κ3) is 3.41. The van der Waals surface area contributed by atoms with Gasteiger partial charge in [-0.3, -0.25) is 5.41 Å². The number of halogens is 1. The van der Waals surface area contributed by atoms with Gasteiger partial charge in [-0.15, -0.1) is 0 Å². The lowest BCUT2D eigenvalue weighted by atomic mass is 9.85. The van der Waals surface area contributed by atoms with E-state index in [4.69, 9.17) is 27.5 Å². The second kappa shape index (κ2) is 6.29. The summed E-state index contributed by atoms with van der Waals surface area (Å²) in [6.07, 6.45) is 6.08. The Hall–Kier alpha value is -1.22. The minimum atomic E-state index is -0.0385. The van der Waals surface area contributed by atoms with Gasteiger partial charge in [0.25, 0.3) is 0 Å². The van der Waals surface area contributed by atoms with Crippen LogP contribution in [0.15, 0.2) is 18.2 Å². The highest BCUT2D eigenvalue weighted by molar-refractivity contribution is 6.34. The number of benzene rings is 1. The molecule has 1 saturated carbocycles. The summed E-state index contributed by atoms with van der Waals surface area (Å²) < 4.78 is 6.06. The molecular weight excluding hydrogens is 260 g/mol. The molecule has 1 aliphatic carbocycles. The molecule has 0 amide bonds. The molecule has 3 nitrogen and oxygen atoms in total. The molecule has 1 aromatic carbocycles. The van der Waals surface area contributed by atoms with Crippen LogP contribution in [-0.2, 0) is 0 Å². The van der Waals surface area contributed by atoms with Gasteiger partial charge in [0.05, 0.1) is 16.7 Å². The van der Waals surface area contributed by atoms with E-state index in [1.54, 1.807) is 6.07 Å². The molecule has 1 aromatic rings. The van der Waals surface area contributed by atoms with Crippen LogP contribution in [0.3, 0.4) is 0 Å². The Balaban J connectivity index is 2.14. The second-order valence-electron chi connectivity index (χ2n) is 5.21. The van der Waals surface area contributed by atoms with Crippen LogP contribution < -0.4 is 10.5 Å². The molecule has 104 valence electrons. The number of nitrogen functional groups attached to an aromatic ring is 1. The largest absolute Gasteiger partial charge is 0.490 e. The zero-order valence-corrected chi connectivity index (χ0v) is 12.0. The average Bonchev–Trinajstić information content (AvgIpc) is 2.38. The molecule has 0 heterocycles. The van der Waals surface area contributed by atoms with Crippen molar-refractivity contribution < 1.29 is 4.74 Å². The van der Waals surface area contributed by atoms with Crippen LogP contribution in [-0.4, -0.2) is 11.9 Å². The molecule has 0 aromatic heterocycles. The lowest BCUT2D eigenvalue weighted by Crippen LogP contribution is -2.26. The van der Waals surface area contributed by atoms with Crippen molar-refractivity contribution in [3.63, 3.8) is 0 Å². The number of rotatable bonds is 4. The van der Waals surface area contributed by atoms with Crippen LogP contribution in [0.4, 0.5) is 0 Å². The molecule has 0 radical (unpaired) electrons. The monoisotopic (exact) mass is 280 g/mol. The van der Waals surface area contributed by atoms with Crippen molar-refractivity contribution in [3.05, 3.63) is 28.8 Å². The van der Waals surface area contributed by atoms with E-state index in [0.29, 0.717) is 16.3 Å². The number of nitrogens with two attached hydrogens (primary N) is 1. The molecule has 1 aliphatic rings. The highest BCUT2D eigenvalue weighted by Crippen LogP contribution is 2.32. The van der Waals surface area contributed by atoms with Crippen LogP contribution in [0.2, 0.25) is 5.02 Å². The normalized spacial score (nSPS) is 23.1. The molecule has 0 bridgehead atoms. The first-order valence-corrected chi connectivity index (χ1v) is 7.29. The Labute approximate surface area is 119 Å². The second-order valence-corrected chi connectivity index (χ2v) is 5.61. The number of amidine groups is 1. The Morgan fingerprint density at radius 3 is 2.95 bits per heavy atom. The van der Waals surface area contributed by atoms with Gasteiger partial charge in [0.1, 0.15) is 11.6 Å². The predicted molar refractivity (Wildman–Crippen MR) is 79.1 cm³/mol. The molecule has 0 spiro atoms. The number of ether oxygens (including phenoxy) is 1. The molecule has 0 saturated heterocycles. The summed E-state index contributed by atoms with van der Waals surface area (Å²) >= 11 is 6.10. The smallest absolute Gasteiger partial charge is 0.132 e. The van der Waals surface area contributed by atoms with Gasteiger partial charge in [-0.05, 0) is 37.3 Å². The molecule has 1 fully saturated rings. The Bertz CT molecular complexity index is 461. The third-order valence-corrected chi connectivity index (χ3v) is 4.17. The molecule has 2 unspecified atom stereocenters. The Morgan fingerprint density at radius 1 is 1.47 bits per heavy atom. The molecule has 2 atom stereocenters.